The number of carbonyl (C=O) groups is 1. The van der Waals surface area contributed by atoms with E-state index in [0.717, 1.165) is 23.2 Å². The Morgan fingerprint density at radius 1 is 1.67 bits per heavy atom. The summed E-state index contributed by atoms with van der Waals surface area (Å²) in [6.45, 7) is 0. The van der Waals surface area contributed by atoms with Gasteiger partial charge in [0.2, 0.25) is 0 Å². The molecule has 0 rings (SSSR count). The van der Waals surface area contributed by atoms with Gasteiger partial charge in [-0.3, -0.25) is 0 Å². The van der Waals surface area contributed by atoms with Crippen molar-refractivity contribution < 1.29 is 32.2 Å². The molecular formula is CH3O3SZn. The van der Waals surface area contributed by atoms with Crippen LogP contribution >= 0.6 is 12.3 Å². The zero-order valence-corrected chi connectivity index (χ0v) is 6.78. The third-order valence-electron chi connectivity index (χ3n) is 0. The molecule has 6 heavy (non-hydrogen) atoms. The van der Waals surface area contributed by atoms with Crippen LogP contribution in [0.2, 0.25) is 0 Å². The molecule has 5 heteroatoms. The minimum atomic E-state index is -0.250. The Morgan fingerprint density at radius 2 is 1.67 bits per heavy atom. The molecule has 0 aromatic heterocycles. The Kier molecular flexibility index (Phi) is 28.7. The molecule has 33 valence electrons. The smallest absolute Gasteiger partial charge is 0.152 e. The van der Waals surface area contributed by atoms with Gasteiger partial charge in [0.15, 0.2) is 12.3 Å². The quantitative estimate of drug-likeness (QED) is 0.306. The van der Waals surface area contributed by atoms with Gasteiger partial charge in [0.1, 0.15) is 0 Å². The van der Waals surface area contributed by atoms with E-state index in [9.17, 15) is 0 Å². The number of hydrogen-bond acceptors (Lipinski definition) is 4. The fourth-order valence-corrected chi connectivity index (χ4v) is 0. The second-order valence-electron chi connectivity index (χ2n) is 0.248. The minimum absolute atomic E-state index is 0.250. The second-order valence-corrected chi connectivity index (χ2v) is 1.11. The van der Waals surface area contributed by atoms with Crippen molar-refractivity contribution in [3.8, 4) is 0 Å². The maximum atomic E-state index is 8.86. The van der Waals surface area contributed by atoms with Crippen LogP contribution < -0.4 is 0 Å². The molecule has 0 unspecified atom stereocenters. The van der Waals surface area contributed by atoms with Crippen LogP contribution in [0.25, 0.3) is 0 Å². The van der Waals surface area contributed by atoms with Gasteiger partial charge in [-0.05, 0) is 0 Å². The standard InChI is InChI=1S/CHO.H2O2S.Zn/c1-2;1-3-2;/h1H;1-2H;. The normalized spacial score (nSPS) is 5.33. The zero-order valence-electron chi connectivity index (χ0n) is 3.00. The summed E-state index contributed by atoms with van der Waals surface area (Å²) in [4.78, 5) is 9.74. The van der Waals surface area contributed by atoms with Gasteiger partial charge in [-0.25, -0.2) is 0 Å². The number of carbonyl (C=O) groups excluding carboxylic acids is 1. The molecule has 0 fully saturated rings. The number of hydrogen-bond donors (Lipinski definition) is 2. The summed E-state index contributed by atoms with van der Waals surface area (Å²) in [5, 5.41) is 0. The van der Waals surface area contributed by atoms with E-state index in [4.69, 9.17) is 13.9 Å². The topological polar surface area (TPSA) is 57.5 Å². The molecule has 0 radical (unpaired) electrons. The molecule has 0 atom stereocenters. The minimum Gasteiger partial charge on any atom is -0.307 e. The van der Waals surface area contributed by atoms with Gasteiger partial charge in [0.25, 0.3) is 0 Å². The molecule has 0 aliphatic carbocycles. The molecule has 0 aliphatic rings. The molecule has 0 saturated carbocycles. The maximum Gasteiger partial charge on any atom is 0.152 e. The van der Waals surface area contributed by atoms with E-state index in [1.807, 2.05) is 0 Å². The van der Waals surface area contributed by atoms with E-state index < -0.39 is 0 Å². The molecule has 0 heterocycles. The maximum absolute atomic E-state index is 8.86. The molecule has 0 bridgehead atoms. The molecule has 2 N–H and O–H groups in total. The van der Waals surface area contributed by atoms with Crippen LogP contribution in [0.4, 0.5) is 0 Å². The summed E-state index contributed by atoms with van der Waals surface area (Å²) in [6.07, 6.45) is 0. The summed E-state index contributed by atoms with van der Waals surface area (Å²) in [6, 6.07) is 0. The number of rotatable bonds is 0. The third kappa shape index (κ3) is 183. The summed E-state index contributed by atoms with van der Waals surface area (Å²) in [5.74, 6) is 0. The van der Waals surface area contributed by atoms with Crippen LogP contribution in [0.5, 0.6) is 0 Å². The summed E-state index contributed by atoms with van der Waals surface area (Å²) >= 11 is 0.514. The van der Waals surface area contributed by atoms with Crippen LogP contribution in [0.3, 0.4) is 0 Å². The molecule has 0 spiro atoms. The van der Waals surface area contributed by atoms with Crippen molar-refractivity contribution in [1.29, 1.82) is 0 Å². The first-order chi connectivity index (χ1) is 2.83. The third-order valence-corrected chi connectivity index (χ3v) is 0. The van der Waals surface area contributed by atoms with E-state index in [1.165, 1.54) is 0 Å². The van der Waals surface area contributed by atoms with Gasteiger partial charge in [0.05, 0.1) is 0 Å². The first-order valence-corrected chi connectivity index (χ1v) is 3.45. The first kappa shape index (κ1) is 9.76. The molecule has 3 nitrogen and oxygen atoms in total. The predicted molar refractivity (Wildman–Crippen MR) is 19.6 cm³/mol. The van der Waals surface area contributed by atoms with Crippen LogP contribution in [0.1, 0.15) is 0 Å². The monoisotopic (exact) mass is 159 g/mol. The Bertz CT molecular complexity index is 24.8. The Hall–Kier alpha value is 0.563. The average Bonchev–Trinajstić information content (AvgIpc) is 1.39. The van der Waals surface area contributed by atoms with Gasteiger partial charge in [-0.2, -0.15) is 0 Å². The largest absolute Gasteiger partial charge is 0.307 e. The van der Waals surface area contributed by atoms with Crippen LogP contribution in [-0.4, -0.2) is 14.0 Å². The second kappa shape index (κ2) is 17.6. The molecule has 0 aliphatic heterocycles. The molecular weight excluding hydrogens is 157 g/mol. The van der Waals surface area contributed by atoms with E-state index in [-0.39, 0.29) is 12.3 Å². The zero-order chi connectivity index (χ0) is 5.41. The van der Waals surface area contributed by atoms with Crippen molar-refractivity contribution in [2.75, 3.05) is 0 Å². The van der Waals surface area contributed by atoms with Crippen molar-refractivity contribution >= 4 is 17.2 Å². The van der Waals surface area contributed by atoms with E-state index >= 15 is 0 Å². The SMILES string of the molecule is O=[CH][Zn].OSO. The van der Waals surface area contributed by atoms with Gasteiger partial charge in [-0.15, -0.1) is 0 Å². The summed E-state index contributed by atoms with van der Waals surface area (Å²) in [7, 11) is 0. The fraction of sp³-hybridized carbons (Fsp3) is 0. The van der Waals surface area contributed by atoms with Crippen molar-refractivity contribution in [1.82, 2.24) is 0 Å². The Balaban J connectivity index is 0. The van der Waals surface area contributed by atoms with Crippen LogP contribution in [0.15, 0.2) is 0 Å². The van der Waals surface area contributed by atoms with Gasteiger partial charge in [0, 0.05) is 0 Å². The van der Waals surface area contributed by atoms with Crippen LogP contribution in [-0.2, 0) is 23.1 Å². The molecule has 0 saturated heterocycles. The Labute approximate surface area is 49.8 Å². The van der Waals surface area contributed by atoms with Crippen molar-refractivity contribution in [3.05, 3.63) is 0 Å². The first-order valence-electron chi connectivity index (χ1n) is 1.01. The molecule has 0 aromatic rings. The molecule has 0 aromatic carbocycles. The van der Waals surface area contributed by atoms with Gasteiger partial charge < -0.3 is 9.11 Å². The van der Waals surface area contributed by atoms with E-state index in [0.29, 0.717) is 0 Å². The van der Waals surface area contributed by atoms with Crippen molar-refractivity contribution in [2.45, 2.75) is 0 Å². The van der Waals surface area contributed by atoms with E-state index in [2.05, 4.69) is 0 Å². The van der Waals surface area contributed by atoms with Crippen LogP contribution in [0, 0.1) is 0 Å². The van der Waals surface area contributed by atoms with Gasteiger partial charge in [-0.1, -0.05) is 0 Å². The predicted octanol–water partition coefficient (Wildman–Crippen LogP) is 0.389. The van der Waals surface area contributed by atoms with Crippen molar-refractivity contribution in [3.63, 3.8) is 0 Å². The summed E-state index contributed by atoms with van der Waals surface area (Å²) in [5.41, 5.74) is 0. The molecule has 0 amide bonds. The van der Waals surface area contributed by atoms with E-state index in [1.54, 1.807) is 0 Å². The van der Waals surface area contributed by atoms with Crippen molar-refractivity contribution in [2.24, 2.45) is 0 Å². The summed E-state index contributed by atoms with van der Waals surface area (Å²) < 4.78 is 14.1. The van der Waals surface area contributed by atoms with Gasteiger partial charge >= 0.3 is 28.0 Å². The fourth-order valence-electron chi connectivity index (χ4n) is 0. The average molecular weight is 160 g/mol. The Morgan fingerprint density at radius 3 is 1.67 bits per heavy atom.